The summed E-state index contributed by atoms with van der Waals surface area (Å²) in [4.78, 5) is 0. The molecule has 0 aliphatic rings. The molecule has 2 aromatic rings. The smallest absolute Gasteiger partial charge is 0.0648 e. The number of allylic oxidation sites excluding steroid dienone is 1. The van der Waals surface area contributed by atoms with Crippen LogP contribution < -0.4 is 0 Å². The van der Waals surface area contributed by atoms with Gasteiger partial charge in [0.1, 0.15) is 0 Å². The minimum atomic E-state index is 0.885. The SMILES string of the molecule is C=CCc1cnn(-c2ccccc2)c1CC. The molecule has 0 aliphatic carbocycles. The van der Waals surface area contributed by atoms with Crippen LogP contribution in [0.1, 0.15) is 18.2 Å². The normalized spacial score (nSPS) is 10.3. The van der Waals surface area contributed by atoms with Crippen molar-refractivity contribution >= 4 is 0 Å². The quantitative estimate of drug-likeness (QED) is 0.712. The van der Waals surface area contributed by atoms with E-state index < -0.39 is 0 Å². The predicted molar refractivity (Wildman–Crippen MR) is 66.8 cm³/mol. The molecular formula is C14H16N2. The maximum Gasteiger partial charge on any atom is 0.0648 e. The fourth-order valence-electron chi connectivity index (χ4n) is 1.90. The Morgan fingerprint density at radius 1 is 1.31 bits per heavy atom. The molecule has 2 rings (SSSR count). The molecule has 1 aromatic carbocycles. The molecule has 0 saturated heterocycles. The molecule has 82 valence electrons. The highest BCUT2D eigenvalue weighted by Crippen LogP contribution is 2.16. The van der Waals surface area contributed by atoms with Crippen molar-refractivity contribution in [2.75, 3.05) is 0 Å². The van der Waals surface area contributed by atoms with E-state index in [4.69, 9.17) is 0 Å². The first-order chi connectivity index (χ1) is 7.86. The molecule has 0 fully saturated rings. The number of benzene rings is 1. The Morgan fingerprint density at radius 3 is 2.69 bits per heavy atom. The van der Waals surface area contributed by atoms with Crippen LogP contribution in [0.2, 0.25) is 0 Å². The van der Waals surface area contributed by atoms with Crippen LogP contribution in [0.3, 0.4) is 0 Å². The second-order valence-electron chi connectivity index (χ2n) is 3.71. The van der Waals surface area contributed by atoms with Gasteiger partial charge in [-0.15, -0.1) is 6.58 Å². The van der Waals surface area contributed by atoms with Crippen LogP contribution in [0.4, 0.5) is 0 Å². The van der Waals surface area contributed by atoms with Crippen LogP contribution in [0.25, 0.3) is 5.69 Å². The molecule has 0 aliphatic heterocycles. The second kappa shape index (κ2) is 4.79. The van der Waals surface area contributed by atoms with E-state index in [1.807, 2.05) is 35.2 Å². The first kappa shape index (κ1) is 10.7. The van der Waals surface area contributed by atoms with Crippen molar-refractivity contribution in [3.05, 3.63) is 60.4 Å². The van der Waals surface area contributed by atoms with Crippen molar-refractivity contribution in [3.8, 4) is 5.69 Å². The van der Waals surface area contributed by atoms with E-state index in [0.29, 0.717) is 0 Å². The van der Waals surface area contributed by atoms with Crippen LogP contribution in [0, 0.1) is 0 Å². The van der Waals surface area contributed by atoms with E-state index in [1.54, 1.807) is 0 Å². The van der Waals surface area contributed by atoms with Gasteiger partial charge in [0.05, 0.1) is 11.9 Å². The van der Waals surface area contributed by atoms with Crippen LogP contribution in [-0.2, 0) is 12.8 Å². The zero-order chi connectivity index (χ0) is 11.4. The van der Waals surface area contributed by atoms with E-state index in [9.17, 15) is 0 Å². The van der Waals surface area contributed by atoms with Gasteiger partial charge in [0, 0.05) is 5.69 Å². The van der Waals surface area contributed by atoms with Gasteiger partial charge in [0.15, 0.2) is 0 Å². The summed E-state index contributed by atoms with van der Waals surface area (Å²) in [6.07, 6.45) is 5.73. The van der Waals surface area contributed by atoms with Crippen LogP contribution in [-0.4, -0.2) is 9.78 Å². The molecule has 1 aromatic heterocycles. The van der Waals surface area contributed by atoms with Gasteiger partial charge in [-0.2, -0.15) is 5.10 Å². The molecule has 2 nitrogen and oxygen atoms in total. The highest BCUT2D eigenvalue weighted by molar-refractivity contribution is 5.35. The van der Waals surface area contributed by atoms with Gasteiger partial charge in [0.25, 0.3) is 0 Å². The van der Waals surface area contributed by atoms with Crippen molar-refractivity contribution in [3.63, 3.8) is 0 Å². The minimum absolute atomic E-state index is 0.885. The topological polar surface area (TPSA) is 17.8 Å². The summed E-state index contributed by atoms with van der Waals surface area (Å²) in [5, 5.41) is 4.44. The summed E-state index contributed by atoms with van der Waals surface area (Å²) in [7, 11) is 0. The van der Waals surface area contributed by atoms with Crippen molar-refractivity contribution in [2.24, 2.45) is 0 Å². The molecule has 0 bridgehead atoms. The average Bonchev–Trinajstić information content (AvgIpc) is 2.73. The largest absolute Gasteiger partial charge is 0.238 e. The highest BCUT2D eigenvalue weighted by Gasteiger charge is 2.08. The summed E-state index contributed by atoms with van der Waals surface area (Å²) < 4.78 is 2.01. The van der Waals surface area contributed by atoms with Crippen LogP contribution in [0.15, 0.2) is 49.2 Å². The van der Waals surface area contributed by atoms with Crippen molar-refractivity contribution in [2.45, 2.75) is 19.8 Å². The first-order valence-corrected chi connectivity index (χ1v) is 5.59. The van der Waals surface area contributed by atoms with Crippen molar-refractivity contribution in [1.29, 1.82) is 0 Å². The molecule has 0 saturated carbocycles. The molecule has 2 heteroatoms. The fraction of sp³-hybridized carbons (Fsp3) is 0.214. The Labute approximate surface area is 96.2 Å². The summed E-state index contributed by atoms with van der Waals surface area (Å²) in [5.74, 6) is 0. The second-order valence-corrected chi connectivity index (χ2v) is 3.71. The molecule has 0 atom stereocenters. The average molecular weight is 212 g/mol. The standard InChI is InChI=1S/C14H16N2/c1-3-8-12-11-15-16(14(12)4-2)13-9-6-5-7-10-13/h3,5-7,9-11H,1,4,8H2,2H3. The van der Waals surface area contributed by atoms with Gasteiger partial charge in [-0.3, -0.25) is 0 Å². The van der Waals surface area contributed by atoms with Crippen molar-refractivity contribution < 1.29 is 0 Å². The molecular weight excluding hydrogens is 196 g/mol. The van der Waals surface area contributed by atoms with E-state index in [1.165, 1.54) is 11.3 Å². The summed E-state index contributed by atoms with van der Waals surface area (Å²) in [5.41, 5.74) is 3.65. The molecule has 1 heterocycles. The number of rotatable bonds is 4. The maximum absolute atomic E-state index is 4.44. The highest BCUT2D eigenvalue weighted by atomic mass is 15.3. The first-order valence-electron chi connectivity index (χ1n) is 5.59. The Balaban J connectivity index is 2.45. The Bertz CT molecular complexity index is 469. The Hall–Kier alpha value is -1.83. The lowest BCUT2D eigenvalue weighted by molar-refractivity contribution is 0.810. The van der Waals surface area contributed by atoms with Gasteiger partial charge >= 0.3 is 0 Å². The van der Waals surface area contributed by atoms with Gasteiger partial charge in [-0.1, -0.05) is 31.2 Å². The van der Waals surface area contributed by atoms with Crippen molar-refractivity contribution in [1.82, 2.24) is 9.78 Å². The van der Waals surface area contributed by atoms with Gasteiger partial charge in [0.2, 0.25) is 0 Å². The monoisotopic (exact) mass is 212 g/mol. The lowest BCUT2D eigenvalue weighted by Gasteiger charge is -2.06. The third-order valence-corrected chi connectivity index (χ3v) is 2.66. The minimum Gasteiger partial charge on any atom is -0.238 e. The van der Waals surface area contributed by atoms with E-state index in [2.05, 4.69) is 30.7 Å². The molecule has 0 spiro atoms. The lowest BCUT2D eigenvalue weighted by atomic mass is 10.1. The third kappa shape index (κ3) is 1.91. The number of aromatic nitrogens is 2. The number of para-hydroxylation sites is 1. The van der Waals surface area contributed by atoms with Gasteiger partial charge in [-0.05, 0) is 30.5 Å². The zero-order valence-corrected chi connectivity index (χ0v) is 9.56. The molecule has 0 N–H and O–H groups in total. The fourth-order valence-corrected chi connectivity index (χ4v) is 1.90. The Kier molecular flexibility index (Phi) is 3.20. The number of hydrogen-bond donors (Lipinski definition) is 0. The van der Waals surface area contributed by atoms with Crippen LogP contribution >= 0.6 is 0 Å². The maximum atomic E-state index is 4.44. The Morgan fingerprint density at radius 2 is 2.06 bits per heavy atom. The van der Waals surface area contributed by atoms with Gasteiger partial charge < -0.3 is 0 Å². The number of nitrogens with zero attached hydrogens (tertiary/aromatic N) is 2. The van der Waals surface area contributed by atoms with Gasteiger partial charge in [-0.25, -0.2) is 4.68 Å². The van der Waals surface area contributed by atoms with Crippen LogP contribution in [0.5, 0.6) is 0 Å². The third-order valence-electron chi connectivity index (χ3n) is 2.66. The molecule has 0 unspecified atom stereocenters. The number of hydrogen-bond acceptors (Lipinski definition) is 1. The summed E-state index contributed by atoms with van der Waals surface area (Å²) in [6, 6.07) is 10.2. The van der Waals surface area contributed by atoms with E-state index in [0.717, 1.165) is 18.5 Å². The predicted octanol–water partition coefficient (Wildman–Crippen LogP) is 3.16. The molecule has 0 amide bonds. The zero-order valence-electron chi connectivity index (χ0n) is 9.56. The molecule has 16 heavy (non-hydrogen) atoms. The van der Waals surface area contributed by atoms with E-state index >= 15 is 0 Å². The summed E-state index contributed by atoms with van der Waals surface area (Å²) in [6.45, 7) is 5.93. The van der Waals surface area contributed by atoms with E-state index in [-0.39, 0.29) is 0 Å². The lowest BCUT2D eigenvalue weighted by Crippen LogP contribution is -2.02. The summed E-state index contributed by atoms with van der Waals surface area (Å²) >= 11 is 0. The molecule has 0 radical (unpaired) electrons.